The molecule has 2 amide bonds. The van der Waals surface area contributed by atoms with Crippen LogP contribution in [0.4, 0.5) is 18.0 Å². The Hall–Kier alpha value is -2.25. The van der Waals surface area contributed by atoms with Crippen molar-refractivity contribution in [3.05, 3.63) is 35.9 Å². The third-order valence-corrected chi connectivity index (χ3v) is 5.93. The van der Waals surface area contributed by atoms with Gasteiger partial charge in [0.25, 0.3) is 0 Å². The van der Waals surface area contributed by atoms with Crippen molar-refractivity contribution in [1.82, 2.24) is 9.80 Å². The van der Waals surface area contributed by atoms with Crippen LogP contribution in [0.15, 0.2) is 30.3 Å². The predicted molar refractivity (Wildman–Crippen MR) is 111 cm³/mol. The van der Waals surface area contributed by atoms with E-state index in [2.05, 4.69) is 0 Å². The van der Waals surface area contributed by atoms with E-state index in [-0.39, 0.29) is 24.5 Å². The molecule has 3 rings (SSSR count). The molecule has 31 heavy (non-hydrogen) atoms. The summed E-state index contributed by atoms with van der Waals surface area (Å²) in [5.74, 6) is -1.61. The van der Waals surface area contributed by atoms with Crippen LogP contribution in [0.3, 0.4) is 0 Å². The fraction of sp³-hybridized carbons (Fsp3) is 0.652. The Bertz CT molecular complexity index is 769. The molecule has 1 aromatic carbocycles. The summed E-state index contributed by atoms with van der Waals surface area (Å²) < 4.78 is 45.0. The molecule has 8 heteroatoms. The molecule has 1 saturated heterocycles. The van der Waals surface area contributed by atoms with E-state index in [1.54, 1.807) is 4.90 Å². The number of amides is 2. The molecule has 0 spiro atoms. The molecule has 0 N–H and O–H groups in total. The maximum Gasteiger partial charge on any atom is 0.471 e. The first-order valence-corrected chi connectivity index (χ1v) is 10.9. The van der Waals surface area contributed by atoms with Gasteiger partial charge < -0.3 is 14.5 Å². The summed E-state index contributed by atoms with van der Waals surface area (Å²) in [6, 6.07) is 8.97. The Balaban J connectivity index is 1.55. The number of rotatable bonds is 5. The van der Waals surface area contributed by atoms with E-state index >= 15 is 0 Å². The van der Waals surface area contributed by atoms with E-state index in [4.69, 9.17) is 4.74 Å². The molecule has 2 atom stereocenters. The lowest BCUT2D eigenvalue weighted by atomic mass is 9.93. The van der Waals surface area contributed by atoms with Crippen LogP contribution in [0.1, 0.15) is 57.9 Å². The average molecular weight is 441 g/mol. The number of carbonyl (C=O) groups is 2. The SMILES string of the molecule is CC(C)(C)OC(=O)N1CCC(CCN(C(=O)C(F)(F)F)[C@@H]2C[C@H]2c2ccccc2)CC1. The summed E-state index contributed by atoms with van der Waals surface area (Å²) >= 11 is 0. The lowest BCUT2D eigenvalue weighted by Crippen LogP contribution is -2.45. The van der Waals surface area contributed by atoms with Crippen LogP contribution >= 0.6 is 0 Å². The predicted octanol–water partition coefficient (Wildman–Crippen LogP) is 4.97. The number of carbonyl (C=O) groups excluding carboxylic acids is 2. The van der Waals surface area contributed by atoms with Crippen molar-refractivity contribution in [2.75, 3.05) is 19.6 Å². The maximum atomic E-state index is 13.2. The number of halogens is 3. The molecule has 0 radical (unpaired) electrons. The summed E-state index contributed by atoms with van der Waals surface area (Å²) in [4.78, 5) is 27.0. The van der Waals surface area contributed by atoms with Gasteiger partial charge in [-0.05, 0) is 57.9 Å². The van der Waals surface area contributed by atoms with Gasteiger partial charge in [-0.1, -0.05) is 30.3 Å². The van der Waals surface area contributed by atoms with Crippen molar-refractivity contribution in [3.63, 3.8) is 0 Å². The zero-order valence-corrected chi connectivity index (χ0v) is 18.3. The van der Waals surface area contributed by atoms with Crippen molar-refractivity contribution in [1.29, 1.82) is 0 Å². The minimum Gasteiger partial charge on any atom is -0.444 e. The fourth-order valence-electron chi connectivity index (χ4n) is 4.22. The van der Waals surface area contributed by atoms with Crippen molar-refractivity contribution >= 4 is 12.0 Å². The van der Waals surface area contributed by atoms with Crippen LogP contribution in [0.5, 0.6) is 0 Å². The monoisotopic (exact) mass is 440 g/mol. The first-order valence-electron chi connectivity index (χ1n) is 10.9. The van der Waals surface area contributed by atoms with E-state index in [1.807, 2.05) is 51.1 Å². The molecule has 0 bridgehead atoms. The minimum absolute atomic E-state index is 0.0403. The minimum atomic E-state index is -4.87. The van der Waals surface area contributed by atoms with Crippen LogP contribution < -0.4 is 0 Å². The Kier molecular flexibility index (Phi) is 6.86. The molecule has 1 heterocycles. The number of benzene rings is 1. The van der Waals surface area contributed by atoms with Gasteiger partial charge in [-0.25, -0.2) is 4.79 Å². The van der Waals surface area contributed by atoms with Gasteiger partial charge in [-0.2, -0.15) is 13.2 Å². The van der Waals surface area contributed by atoms with Gasteiger partial charge in [0.05, 0.1) is 0 Å². The number of alkyl halides is 3. The van der Waals surface area contributed by atoms with Gasteiger partial charge in [-0.3, -0.25) is 4.79 Å². The summed E-state index contributed by atoms with van der Waals surface area (Å²) in [5, 5.41) is 0. The maximum absolute atomic E-state index is 13.2. The Morgan fingerprint density at radius 1 is 1.10 bits per heavy atom. The second kappa shape index (κ2) is 9.09. The second-order valence-electron chi connectivity index (χ2n) is 9.52. The molecule has 1 saturated carbocycles. The lowest BCUT2D eigenvalue weighted by molar-refractivity contribution is -0.186. The lowest BCUT2D eigenvalue weighted by Gasteiger charge is -2.34. The zero-order valence-electron chi connectivity index (χ0n) is 18.3. The molecule has 1 aromatic rings. The summed E-state index contributed by atoms with van der Waals surface area (Å²) in [6.45, 7) is 6.55. The molecule has 1 aliphatic carbocycles. The highest BCUT2D eigenvalue weighted by Gasteiger charge is 2.51. The van der Waals surface area contributed by atoms with E-state index in [0.717, 1.165) is 10.5 Å². The van der Waals surface area contributed by atoms with E-state index in [0.29, 0.717) is 38.8 Å². The Morgan fingerprint density at radius 2 is 1.71 bits per heavy atom. The van der Waals surface area contributed by atoms with Gasteiger partial charge in [0.15, 0.2) is 0 Å². The summed E-state index contributed by atoms with van der Waals surface area (Å²) in [5.41, 5.74) is 0.407. The molecule has 5 nitrogen and oxygen atoms in total. The topological polar surface area (TPSA) is 49.9 Å². The molecule has 1 aliphatic heterocycles. The van der Waals surface area contributed by atoms with Gasteiger partial charge in [0, 0.05) is 31.6 Å². The fourth-order valence-corrected chi connectivity index (χ4v) is 4.22. The van der Waals surface area contributed by atoms with Crippen LogP contribution in [0.25, 0.3) is 0 Å². The number of piperidine rings is 1. The normalized spacial score (nSPS) is 22.2. The van der Waals surface area contributed by atoms with Crippen LogP contribution in [-0.4, -0.2) is 59.3 Å². The highest BCUT2D eigenvalue weighted by Crippen LogP contribution is 2.46. The number of ether oxygens (including phenoxy) is 1. The number of nitrogens with zero attached hydrogens (tertiary/aromatic N) is 2. The van der Waals surface area contributed by atoms with E-state index in [9.17, 15) is 22.8 Å². The van der Waals surface area contributed by atoms with Crippen molar-refractivity contribution < 1.29 is 27.5 Å². The highest BCUT2D eigenvalue weighted by molar-refractivity contribution is 5.82. The van der Waals surface area contributed by atoms with Gasteiger partial charge in [0.2, 0.25) is 0 Å². The molecular weight excluding hydrogens is 409 g/mol. The van der Waals surface area contributed by atoms with Crippen molar-refractivity contribution in [2.45, 2.75) is 70.2 Å². The average Bonchev–Trinajstić information content (AvgIpc) is 3.48. The molecule has 0 aromatic heterocycles. The quantitative estimate of drug-likeness (QED) is 0.650. The highest BCUT2D eigenvalue weighted by atomic mass is 19.4. The molecular formula is C23H31F3N2O3. The van der Waals surface area contributed by atoms with Gasteiger partial charge >= 0.3 is 18.2 Å². The van der Waals surface area contributed by atoms with Crippen molar-refractivity contribution in [3.8, 4) is 0 Å². The Labute approximate surface area is 181 Å². The van der Waals surface area contributed by atoms with Gasteiger partial charge in [0.1, 0.15) is 5.60 Å². The number of hydrogen-bond donors (Lipinski definition) is 0. The van der Waals surface area contributed by atoms with E-state index in [1.165, 1.54) is 0 Å². The standard InChI is InChI=1S/C23H31F3N2O3/c1-22(2,3)31-21(30)27-12-9-16(10-13-27)11-14-28(20(29)23(24,25)26)19-15-18(19)17-7-5-4-6-8-17/h4-8,16,18-19H,9-15H2,1-3H3/t18-,19+/m0/s1. The zero-order chi connectivity index (χ0) is 22.8. The molecule has 2 fully saturated rings. The summed E-state index contributed by atoms with van der Waals surface area (Å²) in [7, 11) is 0. The number of likely N-dealkylation sites (tertiary alicyclic amines) is 1. The molecule has 2 aliphatic rings. The number of hydrogen-bond acceptors (Lipinski definition) is 3. The Morgan fingerprint density at radius 3 is 2.26 bits per heavy atom. The van der Waals surface area contributed by atoms with Crippen LogP contribution in [0, 0.1) is 5.92 Å². The third-order valence-electron chi connectivity index (χ3n) is 5.93. The molecule has 0 unspecified atom stereocenters. The first kappa shape index (κ1) is 23.4. The third kappa shape index (κ3) is 6.37. The largest absolute Gasteiger partial charge is 0.471 e. The van der Waals surface area contributed by atoms with Crippen LogP contribution in [0.2, 0.25) is 0 Å². The first-order chi connectivity index (χ1) is 14.5. The van der Waals surface area contributed by atoms with Crippen molar-refractivity contribution in [2.24, 2.45) is 5.92 Å². The van der Waals surface area contributed by atoms with Gasteiger partial charge in [-0.15, -0.1) is 0 Å². The van der Waals surface area contributed by atoms with Crippen LogP contribution in [-0.2, 0) is 9.53 Å². The molecule has 172 valence electrons. The second-order valence-corrected chi connectivity index (χ2v) is 9.52. The van der Waals surface area contributed by atoms with E-state index < -0.39 is 23.7 Å². The smallest absolute Gasteiger partial charge is 0.444 e. The summed E-state index contributed by atoms with van der Waals surface area (Å²) in [6.07, 6.45) is -2.78.